The smallest absolute Gasteiger partial charge is 0.197 e. The molecule has 0 bridgehead atoms. The molecule has 0 unspecified atom stereocenters. The summed E-state index contributed by atoms with van der Waals surface area (Å²) in [7, 11) is 0.563. The predicted molar refractivity (Wildman–Crippen MR) is 88.4 cm³/mol. The van der Waals surface area contributed by atoms with E-state index in [1.807, 2.05) is 0 Å². The summed E-state index contributed by atoms with van der Waals surface area (Å²) in [4.78, 5) is 4.80. The molecule has 4 heteroatoms. The van der Waals surface area contributed by atoms with E-state index in [9.17, 15) is 0 Å². The van der Waals surface area contributed by atoms with E-state index in [1.165, 1.54) is 83.5 Å². The average Bonchev–Trinajstić information content (AvgIpc) is 2.47. The van der Waals surface area contributed by atoms with Gasteiger partial charge in [0.05, 0.1) is 6.61 Å². The third-order valence-corrected chi connectivity index (χ3v) is 3.83. The highest BCUT2D eigenvalue weighted by molar-refractivity contribution is 5.97. The molecular weight excluding hydrogens is 268 g/mol. The van der Waals surface area contributed by atoms with Gasteiger partial charge in [-0.2, -0.15) is 0 Å². The van der Waals surface area contributed by atoms with Gasteiger partial charge in [0.25, 0.3) is 0 Å². The Kier molecular flexibility index (Phi) is 19.2. The number of rotatable bonds is 17. The molecule has 0 aliphatic rings. The van der Waals surface area contributed by atoms with E-state index in [2.05, 4.69) is 16.5 Å². The van der Waals surface area contributed by atoms with E-state index in [-0.39, 0.29) is 0 Å². The minimum Gasteiger partial charge on any atom is -0.269 e. The summed E-state index contributed by atoms with van der Waals surface area (Å²) in [5, 5.41) is 4.41. The Hall–Kier alpha value is 0.0969. The molecule has 0 N–H and O–H groups in total. The van der Waals surface area contributed by atoms with Crippen molar-refractivity contribution in [3.05, 3.63) is 0 Å². The van der Waals surface area contributed by atoms with Crippen molar-refractivity contribution in [2.45, 2.75) is 96.8 Å². The molecule has 0 aromatic rings. The van der Waals surface area contributed by atoms with Crippen molar-refractivity contribution in [2.24, 2.45) is 0 Å². The molecule has 0 spiro atoms. The number of unbranched alkanes of at least 4 members (excludes halogenated alkanes) is 13. The molecule has 20 heavy (non-hydrogen) atoms. The van der Waals surface area contributed by atoms with Crippen LogP contribution in [0.3, 0.4) is 0 Å². The fraction of sp³-hybridized carbons (Fsp3) is 1.00. The summed E-state index contributed by atoms with van der Waals surface area (Å²) < 4.78 is 4.48. The molecular formula is C16H36O3Si. The monoisotopic (exact) mass is 304 g/mol. The van der Waals surface area contributed by atoms with Crippen LogP contribution in [-0.2, 0) is 14.5 Å². The van der Waals surface area contributed by atoms with E-state index in [0.717, 1.165) is 6.42 Å². The van der Waals surface area contributed by atoms with Gasteiger partial charge in [-0.05, 0) is 6.42 Å². The lowest BCUT2D eigenvalue weighted by Gasteiger charge is -2.03. The summed E-state index contributed by atoms with van der Waals surface area (Å²) in [5.74, 6) is 0. The average molecular weight is 305 g/mol. The van der Waals surface area contributed by atoms with Gasteiger partial charge in [-0.3, -0.25) is 4.58 Å². The second kappa shape index (κ2) is 19.1. The quantitative estimate of drug-likeness (QED) is 0.170. The Morgan fingerprint density at radius 2 is 1.00 bits per heavy atom. The van der Waals surface area contributed by atoms with Crippen LogP contribution >= 0.6 is 0 Å². The second-order valence-corrected chi connectivity index (χ2v) is 5.99. The summed E-state index contributed by atoms with van der Waals surface area (Å²) in [6.45, 7) is 2.93. The van der Waals surface area contributed by atoms with Gasteiger partial charge < -0.3 is 0 Å². The lowest BCUT2D eigenvalue weighted by molar-refractivity contribution is -0.467. The maximum Gasteiger partial charge on any atom is 0.197 e. The minimum atomic E-state index is 0.563. The third kappa shape index (κ3) is 18.1. The summed E-state index contributed by atoms with van der Waals surface area (Å²) in [5.41, 5.74) is 0. The van der Waals surface area contributed by atoms with E-state index in [0.29, 0.717) is 17.1 Å². The fourth-order valence-electron chi connectivity index (χ4n) is 2.44. The molecule has 0 atom stereocenters. The van der Waals surface area contributed by atoms with Gasteiger partial charge in [-0.1, -0.05) is 95.4 Å². The Balaban J connectivity index is 2.89. The molecule has 0 amide bonds. The van der Waals surface area contributed by atoms with Crippen LogP contribution in [0.5, 0.6) is 0 Å². The van der Waals surface area contributed by atoms with Crippen LogP contribution < -0.4 is 0 Å². The Morgan fingerprint density at radius 1 is 0.600 bits per heavy atom. The van der Waals surface area contributed by atoms with E-state index in [1.54, 1.807) is 0 Å². The molecule has 0 heterocycles. The Bertz CT molecular complexity index is 150. The minimum absolute atomic E-state index is 0.563. The van der Waals surface area contributed by atoms with Gasteiger partial charge in [0, 0.05) is 0 Å². The first-order valence-corrected chi connectivity index (χ1v) is 9.55. The molecule has 0 aliphatic carbocycles. The topological polar surface area (TPSA) is 27.7 Å². The normalized spacial score (nSPS) is 11.2. The first-order chi connectivity index (χ1) is 9.91. The first kappa shape index (κ1) is 20.1. The van der Waals surface area contributed by atoms with Crippen LogP contribution in [0, 0.1) is 0 Å². The molecule has 0 fully saturated rings. The van der Waals surface area contributed by atoms with Crippen molar-refractivity contribution in [3.8, 4) is 0 Å². The molecule has 0 saturated heterocycles. The number of hydrogen-bond donors (Lipinski definition) is 0. The molecule has 0 aromatic heterocycles. The van der Waals surface area contributed by atoms with Gasteiger partial charge >= 0.3 is 0 Å². The van der Waals surface area contributed by atoms with Crippen molar-refractivity contribution in [1.82, 2.24) is 0 Å². The highest BCUT2D eigenvalue weighted by Gasteiger charge is 1.94. The summed E-state index contributed by atoms with van der Waals surface area (Å²) in [6, 6.07) is 0. The van der Waals surface area contributed by atoms with E-state index >= 15 is 0 Å². The lowest BCUT2D eigenvalue weighted by Crippen LogP contribution is -1.96. The standard InChI is InChI=1S/C16H36O3Si/c1-2-3-4-5-6-7-8-9-10-11-12-13-14-15-16-17-18-19-20/h2-16H2,1,20H3. The summed E-state index contributed by atoms with van der Waals surface area (Å²) in [6.07, 6.45) is 19.3. The molecule has 122 valence electrons. The molecule has 0 aromatic carbocycles. The van der Waals surface area contributed by atoms with E-state index < -0.39 is 0 Å². The lowest BCUT2D eigenvalue weighted by atomic mass is 10.0. The van der Waals surface area contributed by atoms with E-state index in [4.69, 9.17) is 4.89 Å². The van der Waals surface area contributed by atoms with Gasteiger partial charge in [-0.15, -0.1) is 0 Å². The van der Waals surface area contributed by atoms with Gasteiger partial charge in [0.2, 0.25) is 0 Å². The zero-order chi connectivity index (χ0) is 14.7. The van der Waals surface area contributed by atoms with Crippen LogP contribution in [-0.4, -0.2) is 17.1 Å². The van der Waals surface area contributed by atoms with Crippen LogP contribution in [0.25, 0.3) is 0 Å². The predicted octanol–water partition coefficient (Wildman–Crippen LogP) is 4.63. The van der Waals surface area contributed by atoms with Crippen LogP contribution in [0.2, 0.25) is 0 Å². The maximum atomic E-state index is 4.80. The van der Waals surface area contributed by atoms with Crippen molar-refractivity contribution in [2.75, 3.05) is 6.61 Å². The molecule has 0 radical (unpaired) electrons. The van der Waals surface area contributed by atoms with Crippen molar-refractivity contribution >= 4 is 10.5 Å². The molecule has 3 nitrogen and oxygen atoms in total. The van der Waals surface area contributed by atoms with Crippen LogP contribution in [0.4, 0.5) is 0 Å². The van der Waals surface area contributed by atoms with Crippen LogP contribution in [0.15, 0.2) is 0 Å². The number of hydrogen-bond acceptors (Lipinski definition) is 3. The Morgan fingerprint density at radius 3 is 1.40 bits per heavy atom. The largest absolute Gasteiger partial charge is 0.269 e. The highest BCUT2D eigenvalue weighted by Crippen LogP contribution is 2.12. The van der Waals surface area contributed by atoms with Gasteiger partial charge in [-0.25, -0.2) is 4.89 Å². The maximum absolute atomic E-state index is 4.80. The molecule has 0 aliphatic heterocycles. The highest BCUT2D eigenvalue weighted by atomic mass is 28.2. The van der Waals surface area contributed by atoms with Crippen molar-refractivity contribution in [3.63, 3.8) is 0 Å². The zero-order valence-electron chi connectivity index (χ0n) is 13.8. The van der Waals surface area contributed by atoms with Gasteiger partial charge in [0.15, 0.2) is 10.5 Å². The first-order valence-electron chi connectivity index (χ1n) is 8.74. The van der Waals surface area contributed by atoms with Crippen molar-refractivity contribution in [1.29, 1.82) is 0 Å². The molecule has 0 saturated carbocycles. The van der Waals surface area contributed by atoms with Gasteiger partial charge in [0.1, 0.15) is 0 Å². The Labute approximate surface area is 129 Å². The third-order valence-electron chi connectivity index (χ3n) is 3.70. The fourth-order valence-corrected chi connectivity index (χ4v) is 2.53. The zero-order valence-corrected chi connectivity index (χ0v) is 15.8. The van der Waals surface area contributed by atoms with Crippen LogP contribution in [0.1, 0.15) is 96.8 Å². The second-order valence-electron chi connectivity index (χ2n) is 5.65. The summed E-state index contributed by atoms with van der Waals surface area (Å²) >= 11 is 0. The SMILES string of the molecule is CCCCCCCCCCCCCCCCOOO[SiH3]. The van der Waals surface area contributed by atoms with Crippen molar-refractivity contribution < 1.29 is 14.5 Å². The molecule has 0 rings (SSSR count).